The maximum atomic E-state index is 11.6. The lowest BCUT2D eigenvalue weighted by molar-refractivity contribution is -0.256. The van der Waals surface area contributed by atoms with Gasteiger partial charge in [-0.2, -0.15) is 13.2 Å². The lowest BCUT2D eigenvalue weighted by Gasteiger charge is -2.11. The molecule has 1 aliphatic heterocycles. The van der Waals surface area contributed by atoms with Gasteiger partial charge in [0.2, 0.25) is 0 Å². The first-order chi connectivity index (χ1) is 4.50. The number of aliphatic hydroxyl groups excluding tert-OH is 1. The summed E-state index contributed by atoms with van der Waals surface area (Å²) in [5, 5.41) is 8.32. The summed E-state index contributed by atoms with van der Waals surface area (Å²) in [5.41, 5.74) is 0. The predicted molar refractivity (Wildman–Crippen MR) is 22.9 cm³/mol. The molecule has 0 radical (unpaired) electrons. The van der Waals surface area contributed by atoms with E-state index >= 15 is 0 Å². The fourth-order valence-electron chi connectivity index (χ4n) is 0.560. The summed E-state index contributed by atoms with van der Waals surface area (Å²) in [6.07, 6.45) is -6.43. The van der Waals surface area contributed by atoms with Gasteiger partial charge < -0.3 is 14.6 Å². The molecule has 0 aromatic rings. The van der Waals surface area contributed by atoms with Crippen LogP contribution in [0.2, 0.25) is 0 Å². The van der Waals surface area contributed by atoms with Crippen molar-refractivity contribution in [2.45, 2.75) is 18.8 Å². The summed E-state index contributed by atoms with van der Waals surface area (Å²) in [5.74, 6) is 0. The third-order valence-electron chi connectivity index (χ3n) is 1.04. The second kappa shape index (κ2) is 2.37. The lowest BCUT2D eigenvalue weighted by Crippen LogP contribution is -2.31. The number of halogens is 3. The molecule has 1 N–H and O–H groups in total. The molecule has 1 rings (SSSR count). The zero-order chi connectivity index (χ0) is 7.78. The summed E-state index contributed by atoms with van der Waals surface area (Å²) < 4.78 is 42.9. The van der Waals surface area contributed by atoms with E-state index in [9.17, 15) is 13.2 Å². The molecule has 0 bridgehead atoms. The van der Waals surface area contributed by atoms with E-state index in [1.165, 1.54) is 0 Å². The van der Waals surface area contributed by atoms with Crippen molar-refractivity contribution in [2.75, 3.05) is 6.61 Å². The van der Waals surface area contributed by atoms with Crippen LogP contribution in [0, 0.1) is 0 Å². The van der Waals surface area contributed by atoms with Crippen molar-refractivity contribution in [3.8, 4) is 0 Å². The Morgan fingerprint density at radius 1 is 1.40 bits per heavy atom. The van der Waals surface area contributed by atoms with Crippen LogP contribution in [0.4, 0.5) is 13.2 Å². The van der Waals surface area contributed by atoms with Crippen LogP contribution in [0.3, 0.4) is 0 Å². The molecule has 3 nitrogen and oxygen atoms in total. The van der Waals surface area contributed by atoms with Crippen molar-refractivity contribution < 1.29 is 27.8 Å². The lowest BCUT2D eigenvalue weighted by atomic mass is 10.4. The summed E-state index contributed by atoms with van der Waals surface area (Å²) in [4.78, 5) is 0. The molecule has 0 aromatic heterocycles. The summed E-state index contributed by atoms with van der Waals surface area (Å²) in [6.45, 7) is -2.36. The zero-order valence-electron chi connectivity index (χ0n) is 4.76. The van der Waals surface area contributed by atoms with Gasteiger partial charge in [0, 0.05) is 0 Å². The van der Waals surface area contributed by atoms with Crippen molar-refractivity contribution in [1.29, 1.82) is 0 Å². The first kappa shape index (κ1) is 7.77. The van der Waals surface area contributed by atoms with Crippen LogP contribution in [0.15, 0.2) is 0 Å². The van der Waals surface area contributed by atoms with Crippen molar-refractivity contribution in [2.24, 2.45) is 0 Å². The standard InChI is InChI=1S/C4H5F3O3/c5-4(6,7)2-1-9-3(8)10-2/h2-3,8H,1H2. The van der Waals surface area contributed by atoms with Crippen molar-refractivity contribution >= 4 is 0 Å². The second-order valence-electron chi connectivity index (χ2n) is 1.81. The van der Waals surface area contributed by atoms with Gasteiger partial charge in [-0.05, 0) is 0 Å². The number of ether oxygens (including phenoxy) is 2. The number of alkyl halides is 3. The van der Waals surface area contributed by atoms with Gasteiger partial charge in [-0.3, -0.25) is 0 Å². The number of aliphatic hydroxyl groups is 1. The Kier molecular flexibility index (Phi) is 1.84. The van der Waals surface area contributed by atoms with Crippen molar-refractivity contribution in [3.63, 3.8) is 0 Å². The van der Waals surface area contributed by atoms with Crippen LogP contribution >= 0.6 is 0 Å². The van der Waals surface area contributed by atoms with Gasteiger partial charge in [0.05, 0.1) is 6.61 Å². The molecule has 0 saturated carbocycles. The third-order valence-corrected chi connectivity index (χ3v) is 1.04. The summed E-state index contributed by atoms with van der Waals surface area (Å²) in [6, 6.07) is 0. The maximum Gasteiger partial charge on any atom is 0.417 e. The van der Waals surface area contributed by atoms with Gasteiger partial charge in [0.25, 0.3) is 6.48 Å². The Labute approximate surface area is 54.3 Å². The molecular weight excluding hydrogens is 153 g/mol. The molecule has 10 heavy (non-hydrogen) atoms. The van der Waals surface area contributed by atoms with Crippen LogP contribution in [0.25, 0.3) is 0 Å². The van der Waals surface area contributed by atoms with E-state index < -0.39 is 25.4 Å². The largest absolute Gasteiger partial charge is 0.417 e. The molecule has 1 saturated heterocycles. The highest BCUT2D eigenvalue weighted by atomic mass is 19.4. The molecular formula is C4H5F3O3. The van der Waals surface area contributed by atoms with Gasteiger partial charge in [-0.15, -0.1) is 0 Å². The Hall–Kier alpha value is -0.330. The van der Waals surface area contributed by atoms with Gasteiger partial charge in [-0.1, -0.05) is 0 Å². The second-order valence-corrected chi connectivity index (χ2v) is 1.81. The maximum absolute atomic E-state index is 11.6. The highest BCUT2D eigenvalue weighted by Gasteiger charge is 2.46. The molecule has 6 heteroatoms. The predicted octanol–water partition coefficient (Wildman–Crippen LogP) is 0.240. The Morgan fingerprint density at radius 2 is 2.00 bits per heavy atom. The van der Waals surface area contributed by atoms with Gasteiger partial charge in [0.1, 0.15) is 0 Å². The van der Waals surface area contributed by atoms with Crippen LogP contribution in [-0.2, 0) is 9.47 Å². The van der Waals surface area contributed by atoms with E-state index in [1.807, 2.05) is 0 Å². The first-order valence-corrected chi connectivity index (χ1v) is 2.52. The smallest absolute Gasteiger partial charge is 0.346 e. The average molecular weight is 158 g/mol. The number of rotatable bonds is 0. The monoisotopic (exact) mass is 158 g/mol. The van der Waals surface area contributed by atoms with E-state index in [4.69, 9.17) is 5.11 Å². The van der Waals surface area contributed by atoms with Gasteiger partial charge in [0.15, 0.2) is 6.10 Å². The molecule has 2 atom stereocenters. The summed E-state index contributed by atoms with van der Waals surface area (Å²) in [7, 11) is 0. The van der Waals surface area contributed by atoms with E-state index in [0.717, 1.165) is 0 Å². The Bertz CT molecular complexity index is 123. The molecule has 1 fully saturated rings. The number of hydrogen-bond donors (Lipinski definition) is 1. The Balaban J connectivity index is 2.45. The minimum absolute atomic E-state index is 0.634. The highest BCUT2D eigenvalue weighted by molar-refractivity contribution is 4.69. The van der Waals surface area contributed by atoms with E-state index in [1.54, 1.807) is 0 Å². The quantitative estimate of drug-likeness (QED) is 0.548. The van der Waals surface area contributed by atoms with Crippen LogP contribution in [0.1, 0.15) is 0 Å². The van der Waals surface area contributed by atoms with E-state index in [2.05, 4.69) is 9.47 Å². The van der Waals surface area contributed by atoms with Crippen LogP contribution < -0.4 is 0 Å². The fraction of sp³-hybridized carbons (Fsp3) is 1.00. The molecule has 1 heterocycles. The topological polar surface area (TPSA) is 38.7 Å². The summed E-state index contributed by atoms with van der Waals surface area (Å²) >= 11 is 0. The minimum atomic E-state index is -4.45. The first-order valence-electron chi connectivity index (χ1n) is 2.52. The minimum Gasteiger partial charge on any atom is -0.346 e. The number of hydrogen-bond acceptors (Lipinski definition) is 3. The zero-order valence-corrected chi connectivity index (χ0v) is 4.76. The normalized spacial score (nSPS) is 34.8. The molecule has 2 unspecified atom stereocenters. The molecule has 60 valence electrons. The molecule has 0 amide bonds. The fourth-order valence-corrected chi connectivity index (χ4v) is 0.560. The van der Waals surface area contributed by atoms with Gasteiger partial charge in [-0.25, -0.2) is 0 Å². The molecule has 0 aliphatic carbocycles. The average Bonchev–Trinajstić information content (AvgIpc) is 2.11. The van der Waals surface area contributed by atoms with Crippen LogP contribution in [0.5, 0.6) is 0 Å². The van der Waals surface area contributed by atoms with Crippen molar-refractivity contribution in [3.05, 3.63) is 0 Å². The van der Waals surface area contributed by atoms with Crippen LogP contribution in [-0.4, -0.2) is 30.5 Å². The molecule has 1 aliphatic rings. The molecule has 0 aromatic carbocycles. The Morgan fingerprint density at radius 3 is 2.20 bits per heavy atom. The third kappa shape index (κ3) is 1.59. The van der Waals surface area contributed by atoms with E-state index in [-0.39, 0.29) is 0 Å². The molecule has 0 spiro atoms. The highest BCUT2D eigenvalue weighted by Crippen LogP contribution is 2.27. The van der Waals surface area contributed by atoms with Gasteiger partial charge >= 0.3 is 6.18 Å². The SMILES string of the molecule is OC1OCC(C(F)(F)F)O1. The van der Waals surface area contributed by atoms with E-state index in [0.29, 0.717) is 0 Å². The van der Waals surface area contributed by atoms with Crippen molar-refractivity contribution in [1.82, 2.24) is 0 Å².